The van der Waals surface area contributed by atoms with Crippen molar-refractivity contribution in [2.45, 2.75) is 37.1 Å². The minimum absolute atomic E-state index is 0. The summed E-state index contributed by atoms with van der Waals surface area (Å²) in [5, 5.41) is 3.38. The maximum Gasteiger partial charge on any atom is 0.231 e. The fraction of sp³-hybridized carbons (Fsp3) is 0.435. The van der Waals surface area contributed by atoms with Gasteiger partial charge >= 0.3 is 0 Å². The summed E-state index contributed by atoms with van der Waals surface area (Å²) in [7, 11) is 0. The molecular weight excluding hydrogens is 384 g/mol. The fourth-order valence-electron chi connectivity index (χ4n) is 4.41. The molecule has 2 aliphatic heterocycles. The second-order valence-electron chi connectivity index (χ2n) is 8.09. The van der Waals surface area contributed by atoms with Crippen molar-refractivity contribution in [3.05, 3.63) is 59.7 Å². The van der Waals surface area contributed by atoms with Crippen molar-refractivity contribution >= 4 is 19.4 Å². The Hall–Kier alpha value is -2.18. The van der Waals surface area contributed by atoms with Crippen LogP contribution in [0.1, 0.15) is 42.9 Å². The summed E-state index contributed by atoms with van der Waals surface area (Å²) in [6.45, 7) is 3.36. The molecule has 5 rings (SSSR count). The van der Waals surface area contributed by atoms with Gasteiger partial charge in [0, 0.05) is 6.54 Å². The number of likely N-dealkylation sites (tertiary alicyclic amines) is 1. The van der Waals surface area contributed by atoms with Gasteiger partial charge in [0.05, 0.1) is 11.5 Å². The normalized spacial score (nSPS) is 20.0. The lowest BCUT2D eigenvalue weighted by atomic mass is 9.93. The summed E-state index contributed by atoms with van der Waals surface area (Å²) in [5.74, 6) is 1.63. The minimum Gasteiger partial charge on any atom is -0.454 e. The molecular formula is C23H28N2O3S. The number of carbonyl (C=O) groups excluding carboxylic acids is 1. The summed E-state index contributed by atoms with van der Waals surface area (Å²) < 4.78 is 10.9. The topological polar surface area (TPSA) is 50.8 Å². The number of nitrogens with one attached hydrogen (secondary N) is 1. The van der Waals surface area contributed by atoms with Gasteiger partial charge in [-0.2, -0.15) is 13.5 Å². The molecule has 1 saturated carbocycles. The molecule has 154 valence electrons. The van der Waals surface area contributed by atoms with Crippen LogP contribution in [0.3, 0.4) is 0 Å². The molecule has 1 N–H and O–H groups in total. The van der Waals surface area contributed by atoms with Crippen molar-refractivity contribution in [3.8, 4) is 11.5 Å². The Morgan fingerprint density at radius 2 is 1.76 bits per heavy atom. The van der Waals surface area contributed by atoms with Gasteiger partial charge in [0.25, 0.3) is 0 Å². The molecule has 2 heterocycles. The van der Waals surface area contributed by atoms with E-state index >= 15 is 0 Å². The van der Waals surface area contributed by atoms with E-state index in [0.717, 1.165) is 49.5 Å². The quantitative estimate of drug-likeness (QED) is 0.789. The first-order chi connectivity index (χ1) is 13.7. The highest BCUT2D eigenvalue weighted by atomic mass is 32.1. The minimum atomic E-state index is -0.432. The number of nitrogens with zero attached hydrogens (tertiary/aromatic N) is 1. The van der Waals surface area contributed by atoms with Gasteiger partial charge in [0.2, 0.25) is 12.7 Å². The molecule has 2 fully saturated rings. The van der Waals surface area contributed by atoms with Crippen LogP contribution < -0.4 is 14.8 Å². The predicted molar refractivity (Wildman–Crippen MR) is 117 cm³/mol. The summed E-state index contributed by atoms with van der Waals surface area (Å²) >= 11 is 0. The Morgan fingerprint density at radius 3 is 2.48 bits per heavy atom. The van der Waals surface area contributed by atoms with Gasteiger partial charge in [0.1, 0.15) is 0 Å². The number of ether oxygens (including phenoxy) is 2. The Bertz CT molecular complexity index is 864. The molecule has 0 aromatic heterocycles. The van der Waals surface area contributed by atoms with Crippen molar-refractivity contribution in [2.75, 3.05) is 26.4 Å². The molecule has 1 amide bonds. The highest BCUT2D eigenvalue weighted by Gasteiger charge is 2.52. The van der Waals surface area contributed by atoms with Crippen molar-refractivity contribution in [1.29, 1.82) is 0 Å². The number of benzene rings is 2. The maximum atomic E-state index is 13.4. The van der Waals surface area contributed by atoms with Crippen LogP contribution in [0.15, 0.2) is 48.5 Å². The number of hydrogen-bond donors (Lipinski definition) is 1. The third-order valence-electron chi connectivity index (χ3n) is 6.26. The van der Waals surface area contributed by atoms with Gasteiger partial charge in [0.15, 0.2) is 11.5 Å². The Labute approximate surface area is 178 Å². The van der Waals surface area contributed by atoms with Crippen LogP contribution in [0.2, 0.25) is 0 Å². The average molecular weight is 413 g/mol. The van der Waals surface area contributed by atoms with Gasteiger partial charge in [-0.15, -0.1) is 0 Å². The van der Waals surface area contributed by atoms with Crippen molar-refractivity contribution in [1.82, 2.24) is 10.2 Å². The number of rotatable bonds is 6. The van der Waals surface area contributed by atoms with Crippen LogP contribution in [-0.2, 0) is 10.2 Å². The molecule has 2 aromatic rings. The van der Waals surface area contributed by atoms with Gasteiger partial charge in [-0.3, -0.25) is 4.79 Å². The summed E-state index contributed by atoms with van der Waals surface area (Å²) in [5.41, 5.74) is 1.77. The lowest BCUT2D eigenvalue weighted by Gasteiger charge is -2.27. The molecule has 1 saturated heterocycles. The third kappa shape index (κ3) is 3.96. The summed E-state index contributed by atoms with van der Waals surface area (Å²) in [4.78, 5) is 15.8. The van der Waals surface area contributed by atoms with E-state index in [1.54, 1.807) is 0 Å². The standard InChI is InChI=1S/C23H26N2O3.H2S/c26-22(23(10-11-23)18-8-9-20-21(14-18)28-16-27-20)24-19(15-25-12-4-5-13-25)17-6-2-1-3-7-17;/h1-3,6-9,14,19H,4-5,10-13,15-16H2,(H,24,26);1H2/t19-;/m1./s1. The molecule has 1 atom stereocenters. The second-order valence-corrected chi connectivity index (χ2v) is 8.09. The van der Waals surface area contributed by atoms with Gasteiger partial charge < -0.3 is 19.7 Å². The van der Waals surface area contributed by atoms with E-state index in [0.29, 0.717) is 0 Å². The summed E-state index contributed by atoms with van der Waals surface area (Å²) in [6.07, 6.45) is 4.25. The van der Waals surface area contributed by atoms with Crippen LogP contribution in [0, 0.1) is 0 Å². The molecule has 3 aliphatic rings. The van der Waals surface area contributed by atoms with E-state index in [9.17, 15) is 4.79 Å². The zero-order chi connectivity index (χ0) is 19.0. The van der Waals surface area contributed by atoms with Crippen LogP contribution in [0.25, 0.3) is 0 Å². The predicted octanol–water partition coefficient (Wildman–Crippen LogP) is 3.51. The zero-order valence-electron chi connectivity index (χ0n) is 16.5. The first-order valence-electron chi connectivity index (χ1n) is 10.2. The molecule has 0 spiro atoms. The van der Waals surface area contributed by atoms with Crippen LogP contribution in [0.4, 0.5) is 0 Å². The largest absolute Gasteiger partial charge is 0.454 e. The zero-order valence-corrected chi connectivity index (χ0v) is 17.5. The number of hydrogen-bond acceptors (Lipinski definition) is 4. The molecule has 5 nitrogen and oxygen atoms in total. The Morgan fingerprint density at radius 1 is 1.03 bits per heavy atom. The fourth-order valence-corrected chi connectivity index (χ4v) is 4.41. The Balaban J connectivity index is 0.00000205. The molecule has 0 bridgehead atoms. The van der Waals surface area contributed by atoms with E-state index in [1.807, 2.05) is 36.4 Å². The monoisotopic (exact) mass is 412 g/mol. The van der Waals surface area contributed by atoms with Crippen LogP contribution in [0.5, 0.6) is 11.5 Å². The highest BCUT2D eigenvalue weighted by Crippen LogP contribution is 2.50. The first-order valence-corrected chi connectivity index (χ1v) is 10.2. The van der Waals surface area contributed by atoms with E-state index in [4.69, 9.17) is 9.47 Å². The second kappa shape index (κ2) is 8.28. The van der Waals surface area contributed by atoms with Gasteiger partial charge in [-0.05, 0) is 62.0 Å². The molecule has 2 aromatic carbocycles. The number of carbonyl (C=O) groups is 1. The number of amides is 1. The maximum absolute atomic E-state index is 13.4. The summed E-state index contributed by atoms with van der Waals surface area (Å²) in [6, 6.07) is 16.3. The Kier molecular flexibility index (Phi) is 5.74. The van der Waals surface area contributed by atoms with Gasteiger partial charge in [-0.25, -0.2) is 0 Å². The first kappa shape index (κ1) is 20.1. The van der Waals surface area contributed by atoms with Crippen LogP contribution in [-0.4, -0.2) is 37.2 Å². The average Bonchev–Trinajstić information content (AvgIpc) is 3.14. The lowest BCUT2D eigenvalue weighted by molar-refractivity contribution is -0.124. The smallest absolute Gasteiger partial charge is 0.231 e. The highest BCUT2D eigenvalue weighted by molar-refractivity contribution is 7.59. The molecule has 0 unspecified atom stereocenters. The van der Waals surface area contributed by atoms with Crippen molar-refractivity contribution < 1.29 is 14.3 Å². The van der Waals surface area contributed by atoms with E-state index in [1.165, 1.54) is 18.4 Å². The third-order valence-corrected chi connectivity index (χ3v) is 6.26. The van der Waals surface area contributed by atoms with E-state index in [-0.39, 0.29) is 32.2 Å². The van der Waals surface area contributed by atoms with Crippen molar-refractivity contribution in [3.63, 3.8) is 0 Å². The molecule has 29 heavy (non-hydrogen) atoms. The van der Waals surface area contributed by atoms with E-state index in [2.05, 4.69) is 22.3 Å². The molecule has 1 aliphatic carbocycles. The molecule has 0 radical (unpaired) electrons. The van der Waals surface area contributed by atoms with Crippen molar-refractivity contribution in [2.24, 2.45) is 0 Å². The number of fused-ring (bicyclic) bond motifs is 1. The molecule has 6 heteroatoms. The lowest BCUT2D eigenvalue weighted by Crippen LogP contribution is -2.41. The van der Waals surface area contributed by atoms with Gasteiger partial charge in [-0.1, -0.05) is 36.4 Å². The van der Waals surface area contributed by atoms with E-state index < -0.39 is 5.41 Å². The van der Waals surface area contributed by atoms with Crippen LogP contribution >= 0.6 is 13.5 Å². The SMILES string of the molecule is O=C(N[C@H](CN1CCCC1)c1ccccc1)C1(c2ccc3c(c2)OCO3)CC1.S.